The Labute approximate surface area is 298 Å². The van der Waals surface area contributed by atoms with E-state index in [0.29, 0.717) is 16.7 Å². The lowest BCUT2D eigenvalue weighted by atomic mass is 9.88. The maximum atomic E-state index is 10.2. The zero-order valence-electron chi connectivity index (χ0n) is 28.6. The summed E-state index contributed by atoms with van der Waals surface area (Å²) in [5.41, 5.74) is 12.8. The Morgan fingerprint density at radius 1 is 0.784 bits per heavy atom. The van der Waals surface area contributed by atoms with Crippen LogP contribution >= 0.6 is 0 Å². The molecule has 2 aliphatic carbocycles. The summed E-state index contributed by atoms with van der Waals surface area (Å²) >= 11 is 0. The van der Waals surface area contributed by atoms with E-state index in [-0.39, 0.29) is 18.0 Å². The monoisotopic (exact) mass is 657 g/mol. The number of hydrogen-bond donors (Lipinski definition) is 0. The predicted molar refractivity (Wildman–Crippen MR) is 206 cm³/mol. The highest BCUT2D eigenvalue weighted by molar-refractivity contribution is 5.92. The topological polar surface area (TPSA) is 79.5 Å². The third kappa shape index (κ3) is 5.39. The van der Waals surface area contributed by atoms with Crippen molar-refractivity contribution < 1.29 is 0 Å². The van der Waals surface area contributed by atoms with Crippen LogP contribution in [-0.4, -0.2) is 16.7 Å². The fourth-order valence-corrected chi connectivity index (χ4v) is 8.19. The maximum absolute atomic E-state index is 10.2. The summed E-state index contributed by atoms with van der Waals surface area (Å²) in [6.07, 6.45) is 18.7. The van der Waals surface area contributed by atoms with Crippen LogP contribution in [0.2, 0.25) is 0 Å². The Morgan fingerprint density at radius 3 is 2.41 bits per heavy atom. The Balaban J connectivity index is 1.19. The van der Waals surface area contributed by atoms with Crippen LogP contribution in [0.1, 0.15) is 59.2 Å². The second-order valence-corrected chi connectivity index (χ2v) is 13.4. The minimum absolute atomic E-state index is 0.0625. The van der Waals surface area contributed by atoms with Crippen molar-refractivity contribution in [1.82, 2.24) is 4.57 Å². The van der Waals surface area contributed by atoms with Gasteiger partial charge in [-0.15, -0.1) is 0 Å². The number of nitrogens with zero attached hydrogens (tertiary/aromatic N) is 5. The molecule has 3 aliphatic rings. The molecule has 0 saturated carbocycles. The van der Waals surface area contributed by atoms with Crippen LogP contribution in [0, 0.1) is 40.9 Å². The van der Waals surface area contributed by atoms with Crippen molar-refractivity contribution in [3.63, 3.8) is 0 Å². The first kappa shape index (κ1) is 31.6. The Bertz CT molecular complexity index is 2520. The number of aromatic nitrogens is 1. The van der Waals surface area contributed by atoms with Crippen molar-refractivity contribution in [3.8, 4) is 35.0 Å². The molecule has 0 fully saturated rings. The fourth-order valence-electron chi connectivity index (χ4n) is 8.19. The van der Waals surface area contributed by atoms with Gasteiger partial charge in [-0.2, -0.15) is 15.8 Å². The van der Waals surface area contributed by atoms with Gasteiger partial charge in [0.2, 0.25) is 0 Å². The van der Waals surface area contributed by atoms with E-state index in [2.05, 4.69) is 138 Å². The molecule has 4 aromatic carbocycles. The van der Waals surface area contributed by atoms with Crippen LogP contribution in [0.5, 0.6) is 0 Å². The van der Waals surface area contributed by atoms with Gasteiger partial charge in [-0.1, -0.05) is 78.9 Å². The smallest absolute Gasteiger partial charge is 0.0992 e. The molecule has 3 unspecified atom stereocenters. The predicted octanol–water partition coefficient (Wildman–Crippen LogP) is 10.5. The standard InChI is InChI=1S/C46H35N5/c1-3-9-42-30(2)38-12-4-6-14-43(38)51(42)44-15-7-5-13-39(44)36-23-33(29-49)22-35(26-36)34-10-8-11-37(19-18-34)50-45-21-17-31(27-47)24-41(45)40-20-16-32(28-48)25-46(40)50/h3-10,12-18,20-26,37,41,45H,11,19H2,1-2H3/b9-3-. The highest BCUT2D eigenvalue weighted by Gasteiger charge is 2.40. The van der Waals surface area contributed by atoms with Crippen molar-refractivity contribution in [2.75, 3.05) is 4.90 Å². The van der Waals surface area contributed by atoms with Crippen LogP contribution in [0.15, 0.2) is 133 Å². The van der Waals surface area contributed by atoms with Gasteiger partial charge in [0.1, 0.15) is 0 Å². The molecule has 0 saturated heterocycles. The van der Waals surface area contributed by atoms with Crippen molar-refractivity contribution in [1.29, 1.82) is 15.8 Å². The van der Waals surface area contributed by atoms with Gasteiger partial charge in [0.25, 0.3) is 0 Å². The van der Waals surface area contributed by atoms with Gasteiger partial charge in [0, 0.05) is 39.9 Å². The van der Waals surface area contributed by atoms with Gasteiger partial charge in [-0.3, -0.25) is 0 Å². The zero-order valence-corrected chi connectivity index (χ0v) is 28.6. The van der Waals surface area contributed by atoms with Crippen molar-refractivity contribution in [3.05, 3.63) is 167 Å². The van der Waals surface area contributed by atoms with Gasteiger partial charge in [0.15, 0.2) is 0 Å². The number of para-hydroxylation sites is 2. The largest absolute Gasteiger partial charge is 0.360 e. The number of allylic oxidation sites excluding steroid dienone is 5. The number of benzene rings is 4. The number of nitriles is 3. The van der Waals surface area contributed by atoms with E-state index in [1.165, 1.54) is 10.9 Å². The lowest BCUT2D eigenvalue weighted by molar-refractivity contribution is 0.556. The minimum atomic E-state index is 0.0625. The molecule has 0 spiro atoms. The number of fused-ring (bicyclic) bond motifs is 4. The maximum Gasteiger partial charge on any atom is 0.0992 e. The summed E-state index contributed by atoms with van der Waals surface area (Å²) in [6.45, 7) is 4.23. The van der Waals surface area contributed by atoms with Gasteiger partial charge in [0.05, 0.1) is 46.6 Å². The van der Waals surface area contributed by atoms with E-state index in [0.717, 1.165) is 63.3 Å². The molecule has 0 radical (unpaired) electrons. The van der Waals surface area contributed by atoms with E-state index in [9.17, 15) is 15.8 Å². The van der Waals surface area contributed by atoms with Crippen LogP contribution in [0.4, 0.5) is 5.69 Å². The molecule has 1 aromatic heterocycles. The van der Waals surface area contributed by atoms with E-state index < -0.39 is 0 Å². The average molecular weight is 658 g/mol. The summed E-state index contributed by atoms with van der Waals surface area (Å²) in [4.78, 5) is 2.45. The molecule has 0 amide bonds. The van der Waals surface area contributed by atoms with E-state index in [1.807, 2.05) is 37.3 Å². The van der Waals surface area contributed by atoms with E-state index in [4.69, 9.17) is 0 Å². The summed E-state index contributed by atoms with van der Waals surface area (Å²) < 4.78 is 2.33. The molecular formula is C46H35N5. The van der Waals surface area contributed by atoms with Gasteiger partial charge >= 0.3 is 0 Å². The molecule has 2 heterocycles. The molecule has 5 aromatic rings. The quantitative estimate of drug-likeness (QED) is 0.188. The molecule has 5 heteroatoms. The van der Waals surface area contributed by atoms with Crippen LogP contribution in [0.25, 0.3) is 39.4 Å². The van der Waals surface area contributed by atoms with Crippen LogP contribution in [0.3, 0.4) is 0 Å². The third-order valence-corrected chi connectivity index (χ3v) is 10.5. The highest BCUT2D eigenvalue weighted by Crippen LogP contribution is 2.47. The molecule has 0 bridgehead atoms. The first-order valence-electron chi connectivity index (χ1n) is 17.4. The van der Waals surface area contributed by atoms with Gasteiger partial charge in [-0.05, 0) is 109 Å². The highest BCUT2D eigenvalue weighted by atomic mass is 15.2. The summed E-state index contributed by atoms with van der Waals surface area (Å²) in [5, 5.41) is 30.8. The molecule has 0 N–H and O–H groups in total. The molecule has 51 heavy (non-hydrogen) atoms. The molecule has 244 valence electrons. The van der Waals surface area contributed by atoms with E-state index >= 15 is 0 Å². The number of rotatable bonds is 5. The molecule has 8 rings (SSSR count). The zero-order chi connectivity index (χ0) is 35.1. The Morgan fingerprint density at radius 2 is 1.59 bits per heavy atom. The number of anilines is 1. The fraction of sp³-hybridized carbons (Fsp3) is 0.152. The number of hydrogen-bond acceptors (Lipinski definition) is 4. The summed E-state index contributed by atoms with van der Waals surface area (Å²) in [7, 11) is 0. The van der Waals surface area contributed by atoms with Crippen molar-refractivity contribution in [2.45, 2.75) is 44.7 Å². The van der Waals surface area contributed by atoms with Gasteiger partial charge < -0.3 is 9.47 Å². The molecule has 3 atom stereocenters. The summed E-state index contributed by atoms with van der Waals surface area (Å²) in [5.74, 6) is 0.0625. The minimum Gasteiger partial charge on any atom is -0.360 e. The van der Waals surface area contributed by atoms with Gasteiger partial charge in [-0.25, -0.2) is 0 Å². The first-order chi connectivity index (χ1) is 25.0. The SMILES string of the molecule is C/C=C\c1c(C)c2ccccc2n1-c1ccccc1-c1cc(C#N)cc(C2=CCC(N3c4cc(C#N)ccc4C4C=C(C#N)C=CC43)CC=C2)c1. The molecular weight excluding hydrogens is 623 g/mol. The summed E-state index contributed by atoms with van der Waals surface area (Å²) in [6, 6.07) is 36.4. The van der Waals surface area contributed by atoms with Crippen LogP contribution < -0.4 is 4.90 Å². The lowest BCUT2D eigenvalue weighted by Crippen LogP contribution is -2.41. The molecule has 1 aliphatic heterocycles. The Hall–Kier alpha value is -6.61. The Kier molecular flexibility index (Phi) is 8.08. The number of aryl methyl sites for hydroxylation is 1. The second-order valence-electron chi connectivity index (χ2n) is 13.4. The van der Waals surface area contributed by atoms with Crippen LogP contribution in [-0.2, 0) is 0 Å². The third-order valence-electron chi connectivity index (χ3n) is 10.5. The van der Waals surface area contributed by atoms with Crippen molar-refractivity contribution in [2.24, 2.45) is 0 Å². The van der Waals surface area contributed by atoms with E-state index in [1.54, 1.807) is 0 Å². The second kappa shape index (κ2) is 13.0. The van der Waals surface area contributed by atoms with Crippen molar-refractivity contribution >= 4 is 28.2 Å². The lowest BCUT2D eigenvalue weighted by Gasteiger charge is -2.35. The normalized spacial score (nSPS) is 19.1. The molecule has 5 nitrogen and oxygen atoms in total. The first-order valence-corrected chi connectivity index (χ1v) is 17.4. The average Bonchev–Trinajstić information content (AvgIpc) is 3.51.